The van der Waals surface area contributed by atoms with Gasteiger partial charge in [0.15, 0.2) is 0 Å². The summed E-state index contributed by atoms with van der Waals surface area (Å²) >= 11 is 0. The molecule has 6 heteroatoms. The van der Waals surface area contributed by atoms with Gasteiger partial charge in [-0.15, -0.1) is 0 Å². The van der Waals surface area contributed by atoms with E-state index in [4.69, 9.17) is 11.5 Å². The van der Waals surface area contributed by atoms with Gasteiger partial charge in [0.05, 0.1) is 33.5 Å². The number of nitrogens with zero attached hydrogens (tertiary/aromatic N) is 3. The number of nitrogens with one attached hydrogen (secondary N) is 1. The summed E-state index contributed by atoms with van der Waals surface area (Å²) in [6.45, 7) is 4.98. The number of hydrogen-bond donors (Lipinski definition) is 3. The van der Waals surface area contributed by atoms with E-state index in [2.05, 4.69) is 110 Å². The van der Waals surface area contributed by atoms with Crippen molar-refractivity contribution in [2.24, 2.45) is 11.5 Å². The van der Waals surface area contributed by atoms with Gasteiger partial charge in [-0.3, -0.25) is 4.98 Å². The van der Waals surface area contributed by atoms with Crippen LogP contribution in [0.2, 0.25) is 0 Å². The Balaban J connectivity index is 1.33. The zero-order valence-corrected chi connectivity index (χ0v) is 28.2. The Kier molecular flexibility index (Phi) is 6.99. The maximum absolute atomic E-state index is 6.36. The van der Waals surface area contributed by atoms with E-state index in [0.717, 1.165) is 58.5 Å². The van der Waals surface area contributed by atoms with Gasteiger partial charge in [-0.1, -0.05) is 42.5 Å². The van der Waals surface area contributed by atoms with Crippen molar-refractivity contribution in [1.29, 1.82) is 0 Å². The summed E-state index contributed by atoms with van der Waals surface area (Å²) in [7, 11) is 0. The molecule has 4 heterocycles. The lowest BCUT2D eigenvalue weighted by Gasteiger charge is -2.23. The molecule has 50 heavy (non-hydrogen) atoms. The third-order valence-corrected chi connectivity index (χ3v) is 10.4. The van der Waals surface area contributed by atoms with E-state index in [1.54, 1.807) is 12.4 Å². The van der Waals surface area contributed by atoms with Crippen LogP contribution in [-0.2, 0) is 12.8 Å². The van der Waals surface area contributed by atoms with E-state index < -0.39 is 0 Å². The third kappa shape index (κ3) is 4.38. The molecule has 0 radical (unpaired) electrons. The molecule has 5 N–H and O–H groups in total. The molecule has 1 aliphatic heterocycles. The molecule has 244 valence electrons. The molecule has 0 atom stereocenters. The average Bonchev–Trinajstić information content (AvgIpc) is 3.63. The van der Waals surface area contributed by atoms with Crippen molar-refractivity contribution in [2.75, 3.05) is 6.54 Å². The van der Waals surface area contributed by atoms with Gasteiger partial charge >= 0.3 is 0 Å². The molecule has 4 aromatic carbocycles. The van der Waals surface area contributed by atoms with Crippen LogP contribution in [0.3, 0.4) is 0 Å². The van der Waals surface area contributed by atoms with Crippen molar-refractivity contribution in [3.63, 3.8) is 0 Å². The van der Waals surface area contributed by atoms with Crippen molar-refractivity contribution in [3.05, 3.63) is 145 Å². The Hall–Kier alpha value is -6.27. The number of fused-ring (bicyclic) bond motifs is 10. The fraction of sp³-hybridized carbons (Fsp3) is 0.114. The van der Waals surface area contributed by atoms with Gasteiger partial charge in [0.25, 0.3) is 0 Å². The molecular formula is C44H38N6. The van der Waals surface area contributed by atoms with Gasteiger partial charge in [-0.05, 0) is 121 Å². The number of nitrogens with two attached hydrogens (primary N) is 2. The standard InChI is InChI=1S/C44H38N6/c1-3-6-31(24-45)49-41-16-11-29(40-17-19-48-40)22-38(41)39-21-28-9-12-34-33(36(28)23-43(39)49)13-14-35-37-20-27(30-8-5-18-47-26-30)10-15-42(37)50(44(34)35)32(25-46)7-4-2/h3-8,10-11,13-18,20-26,48H,9,12,19,45-46H2,1-2H3/b6-3-,7-4-,31-24+,32-25+. The van der Waals surface area contributed by atoms with E-state index in [0.29, 0.717) is 0 Å². The fourth-order valence-corrected chi connectivity index (χ4v) is 8.11. The van der Waals surface area contributed by atoms with Crippen molar-refractivity contribution >= 4 is 60.7 Å². The minimum Gasteiger partial charge on any atom is -0.403 e. The SMILES string of the molecule is C/C=C\C(=C/N)n1c2ccc(C3=CCN3)cc2c2cc3c(cc21)-c1ccc2c4cc(-c5cccnc5)ccc4n(C(/C=C\C)=C/N)c2c1CC3. The zero-order chi connectivity index (χ0) is 33.9. The molecule has 9 rings (SSSR count). The van der Waals surface area contributed by atoms with Gasteiger partial charge in [0, 0.05) is 64.1 Å². The summed E-state index contributed by atoms with van der Waals surface area (Å²) in [5, 5.41) is 8.34. The van der Waals surface area contributed by atoms with Gasteiger partial charge in [-0.2, -0.15) is 0 Å². The minimum atomic E-state index is 0.915. The van der Waals surface area contributed by atoms with Crippen LogP contribution in [-0.4, -0.2) is 20.7 Å². The Bertz CT molecular complexity index is 2680. The first-order valence-corrected chi connectivity index (χ1v) is 17.3. The quantitative estimate of drug-likeness (QED) is 0.157. The second-order valence-corrected chi connectivity index (χ2v) is 13.1. The Labute approximate surface area is 291 Å². The molecular weight excluding hydrogens is 613 g/mol. The molecule has 0 fully saturated rings. The minimum absolute atomic E-state index is 0.915. The van der Waals surface area contributed by atoms with Crippen LogP contribution in [0.4, 0.5) is 0 Å². The smallest absolute Gasteiger partial charge is 0.0613 e. The van der Waals surface area contributed by atoms with E-state index in [1.807, 2.05) is 38.4 Å². The highest BCUT2D eigenvalue weighted by Crippen LogP contribution is 2.45. The predicted molar refractivity (Wildman–Crippen MR) is 211 cm³/mol. The largest absolute Gasteiger partial charge is 0.403 e. The fourth-order valence-electron chi connectivity index (χ4n) is 8.11. The van der Waals surface area contributed by atoms with Gasteiger partial charge in [0.2, 0.25) is 0 Å². The summed E-state index contributed by atoms with van der Waals surface area (Å²) in [5.41, 5.74) is 29.1. The summed E-state index contributed by atoms with van der Waals surface area (Å²) in [6, 6.07) is 27.0. The van der Waals surface area contributed by atoms with Crippen molar-refractivity contribution in [1.82, 2.24) is 19.4 Å². The second-order valence-electron chi connectivity index (χ2n) is 13.1. The predicted octanol–water partition coefficient (Wildman–Crippen LogP) is 9.34. The Morgan fingerprint density at radius 3 is 2.10 bits per heavy atom. The summed E-state index contributed by atoms with van der Waals surface area (Å²) < 4.78 is 4.66. The first-order valence-electron chi connectivity index (χ1n) is 17.3. The molecule has 0 bridgehead atoms. The second kappa shape index (κ2) is 11.7. The van der Waals surface area contributed by atoms with Crippen LogP contribution in [0.15, 0.2) is 128 Å². The van der Waals surface area contributed by atoms with Gasteiger partial charge in [-0.25, -0.2) is 0 Å². The van der Waals surface area contributed by atoms with Crippen LogP contribution < -0.4 is 16.8 Å². The van der Waals surface area contributed by atoms with Crippen LogP contribution in [0.1, 0.15) is 30.5 Å². The van der Waals surface area contributed by atoms with Crippen LogP contribution in [0.5, 0.6) is 0 Å². The molecule has 1 aliphatic carbocycles. The average molecular weight is 651 g/mol. The highest BCUT2D eigenvalue weighted by molar-refractivity contribution is 6.16. The first kappa shape index (κ1) is 29.8. The Morgan fingerprint density at radius 1 is 0.700 bits per heavy atom. The highest BCUT2D eigenvalue weighted by atomic mass is 15.0. The number of aryl methyl sites for hydroxylation is 2. The van der Waals surface area contributed by atoms with Crippen molar-refractivity contribution in [2.45, 2.75) is 26.7 Å². The van der Waals surface area contributed by atoms with E-state index >= 15 is 0 Å². The van der Waals surface area contributed by atoms with Gasteiger partial charge in [0.1, 0.15) is 0 Å². The summed E-state index contributed by atoms with van der Waals surface area (Å²) in [6.07, 6.45) is 19.6. The molecule has 6 nitrogen and oxygen atoms in total. The number of hydrogen-bond acceptors (Lipinski definition) is 4. The summed E-state index contributed by atoms with van der Waals surface area (Å²) in [4.78, 5) is 4.38. The maximum Gasteiger partial charge on any atom is 0.0613 e. The van der Waals surface area contributed by atoms with E-state index in [1.165, 1.54) is 60.6 Å². The van der Waals surface area contributed by atoms with Crippen molar-refractivity contribution < 1.29 is 0 Å². The molecule has 0 saturated carbocycles. The van der Waals surface area contributed by atoms with Crippen LogP contribution in [0, 0.1) is 0 Å². The topological polar surface area (TPSA) is 86.8 Å². The molecule has 0 spiro atoms. The van der Waals surface area contributed by atoms with Gasteiger partial charge < -0.3 is 25.9 Å². The molecule has 0 unspecified atom stereocenters. The molecule has 3 aromatic heterocycles. The van der Waals surface area contributed by atoms with Crippen LogP contribution >= 0.6 is 0 Å². The number of allylic oxidation sites excluding steroid dienone is 6. The molecule has 7 aromatic rings. The lowest BCUT2D eigenvalue weighted by molar-refractivity contribution is 0.933. The summed E-state index contributed by atoms with van der Waals surface area (Å²) in [5.74, 6) is 0. The Morgan fingerprint density at radius 2 is 1.40 bits per heavy atom. The number of rotatable bonds is 6. The first-order chi connectivity index (χ1) is 24.6. The monoisotopic (exact) mass is 650 g/mol. The maximum atomic E-state index is 6.36. The number of aromatic nitrogens is 3. The lowest BCUT2D eigenvalue weighted by Crippen LogP contribution is -2.21. The zero-order valence-electron chi connectivity index (χ0n) is 28.2. The molecule has 0 saturated heterocycles. The lowest BCUT2D eigenvalue weighted by atomic mass is 9.83. The van der Waals surface area contributed by atoms with E-state index in [9.17, 15) is 0 Å². The van der Waals surface area contributed by atoms with E-state index in [-0.39, 0.29) is 0 Å². The number of pyridine rings is 1. The molecule has 0 amide bonds. The van der Waals surface area contributed by atoms with Crippen LogP contribution in [0.25, 0.3) is 83.0 Å². The van der Waals surface area contributed by atoms with Crippen molar-refractivity contribution in [3.8, 4) is 22.3 Å². The highest BCUT2D eigenvalue weighted by Gasteiger charge is 2.26. The number of benzene rings is 4. The third-order valence-electron chi connectivity index (χ3n) is 10.4. The normalized spacial score (nSPS) is 14.9. The molecule has 2 aliphatic rings.